The average Bonchev–Trinajstić information content (AvgIpc) is 2.22. The van der Waals surface area contributed by atoms with E-state index in [9.17, 15) is 0 Å². The van der Waals surface area contributed by atoms with Gasteiger partial charge in [-0.2, -0.15) is 0 Å². The minimum atomic E-state index is -0.307. The van der Waals surface area contributed by atoms with Crippen molar-refractivity contribution in [1.82, 2.24) is 0 Å². The van der Waals surface area contributed by atoms with E-state index < -0.39 is 0 Å². The van der Waals surface area contributed by atoms with E-state index in [1.165, 1.54) is 0 Å². The molecule has 0 heterocycles. The summed E-state index contributed by atoms with van der Waals surface area (Å²) in [6.07, 6.45) is 1.97. The molecule has 0 bridgehead atoms. The molecule has 0 aliphatic heterocycles. The summed E-state index contributed by atoms with van der Waals surface area (Å²) in [6.45, 7) is 13.9. The fraction of sp³-hybridized carbons (Fsp3) is 0.917. The second-order valence-electron chi connectivity index (χ2n) is 4.12. The second-order valence-corrected chi connectivity index (χ2v) is 4.12. The zero-order valence-corrected chi connectivity index (χ0v) is 10.1. The highest BCUT2D eigenvalue weighted by molar-refractivity contribution is 4.53. The predicted octanol–water partition coefficient (Wildman–Crippen LogP) is 3.27. The van der Waals surface area contributed by atoms with Crippen LogP contribution >= 0.6 is 0 Å². The summed E-state index contributed by atoms with van der Waals surface area (Å²) in [5.74, 6) is 1.18. The third-order valence-electron chi connectivity index (χ3n) is 2.53. The van der Waals surface area contributed by atoms with Gasteiger partial charge in [-0.1, -0.05) is 40.5 Å². The van der Waals surface area contributed by atoms with E-state index in [1.807, 2.05) is 0 Å². The van der Waals surface area contributed by atoms with Gasteiger partial charge in [-0.15, -0.1) is 0 Å². The van der Waals surface area contributed by atoms with Gasteiger partial charge in [0.05, 0.1) is 13.2 Å². The topological polar surface area (TPSA) is 18.5 Å². The Morgan fingerprint density at radius 2 is 1.29 bits per heavy atom. The highest BCUT2D eigenvalue weighted by Crippen LogP contribution is 2.06. The number of hydrogen-bond acceptors (Lipinski definition) is 2. The van der Waals surface area contributed by atoms with Gasteiger partial charge in [0.2, 0.25) is 0 Å². The number of ether oxygens (including phenoxy) is 2. The van der Waals surface area contributed by atoms with Crippen molar-refractivity contribution in [1.29, 1.82) is 0 Å². The van der Waals surface area contributed by atoms with Gasteiger partial charge < -0.3 is 9.47 Å². The Morgan fingerprint density at radius 3 is 1.57 bits per heavy atom. The molecule has 0 aromatic rings. The van der Waals surface area contributed by atoms with Crippen LogP contribution in [-0.4, -0.2) is 19.5 Å². The molecule has 85 valence electrons. The van der Waals surface area contributed by atoms with Crippen molar-refractivity contribution >= 4 is 0 Å². The molecule has 0 saturated carbocycles. The Labute approximate surface area is 89.0 Å². The molecule has 0 N–H and O–H groups in total. The Bertz CT molecular complexity index is 111. The fourth-order valence-electron chi connectivity index (χ4n) is 0.827. The molecule has 14 heavy (non-hydrogen) atoms. The largest absolute Gasteiger partial charge is 0.352 e. The van der Waals surface area contributed by atoms with Gasteiger partial charge in [0, 0.05) is 6.92 Å². The van der Waals surface area contributed by atoms with Gasteiger partial charge >= 0.3 is 0 Å². The third-order valence-corrected chi connectivity index (χ3v) is 2.53. The summed E-state index contributed by atoms with van der Waals surface area (Å²) >= 11 is 0. The van der Waals surface area contributed by atoms with Crippen LogP contribution in [0.15, 0.2) is 0 Å². The van der Waals surface area contributed by atoms with Gasteiger partial charge in [-0.05, 0) is 11.8 Å². The monoisotopic (exact) mass is 201 g/mol. The van der Waals surface area contributed by atoms with Crippen LogP contribution in [0.3, 0.4) is 0 Å². The number of rotatable bonds is 8. The average molecular weight is 201 g/mol. The molecular formula is C12H25O2. The molecule has 0 aromatic heterocycles. The first-order valence-electron chi connectivity index (χ1n) is 5.66. The van der Waals surface area contributed by atoms with Crippen LogP contribution in [0, 0.1) is 18.8 Å². The van der Waals surface area contributed by atoms with Crippen molar-refractivity contribution in [2.45, 2.75) is 46.8 Å². The van der Waals surface area contributed by atoms with Gasteiger partial charge in [0.15, 0.2) is 6.29 Å². The van der Waals surface area contributed by atoms with Crippen molar-refractivity contribution in [3.8, 4) is 0 Å². The summed E-state index contributed by atoms with van der Waals surface area (Å²) in [5, 5.41) is 0. The lowest BCUT2D eigenvalue weighted by Crippen LogP contribution is -2.20. The lowest BCUT2D eigenvalue weighted by molar-refractivity contribution is -0.128. The van der Waals surface area contributed by atoms with Gasteiger partial charge in [-0.25, -0.2) is 0 Å². The van der Waals surface area contributed by atoms with E-state index in [4.69, 9.17) is 9.47 Å². The van der Waals surface area contributed by atoms with Crippen molar-refractivity contribution in [2.75, 3.05) is 13.2 Å². The van der Waals surface area contributed by atoms with Crippen LogP contribution in [0.4, 0.5) is 0 Å². The summed E-state index contributed by atoms with van der Waals surface area (Å²) in [4.78, 5) is 0. The summed E-state index contributed by atoms with van der Waals surface area (Å²) in [5.41, 5.74) is 0. The molecular weight excluding hydrogens is 176 g/mol. The van der Waals surface area contributed by atoms with Crippen molar-refractivity contribution in [2.24, 2.45) is 11.8 Å². The predicted molar refractivity (Wildman–Crippen MR) is 60.0 cm³/mol. The molecule has 2 atom stereocenters. The van der Waals surface area contributed by atoms with Crippen molar-refractivity contribution < 1.29 is 9.47 Å². The third kappa shape index (κ3) is 7.34. The molecule has 2 nitrogen and oxygen atoms in total. The van der Waals surface area contributed by atoms with E-state index >= 15 is 0 Å². The van der Waals surface area contributed by atoms with Crippen LogP contribution in [0.2, 0.25) is 0 Å². The Morgan fingerprint density at radius 1 is 0.929 bits per heavy atom. The smallest absolute Gasteiger partial charge is 0.157 e. The van der Waals surface area contributed by atoms with Crippen LogP contribution in [0.5, 0.6) is 0 Å². The van der Waals surface area contributed by atoms with Crippen LogP contribution in [0.1, 0.15) is 40.5 Å². The first-order chi connectivity index (χ1) is 6.60. The van der Waals surface area contributed by atoms with Gasteiger partial charge in [-0.3, -0.25) is 0 Å². The van der Waals surface area contributed by atoms with Crippen LogP contribution in [-0.2, 0) is 9.47 Å². The highest BCUT2D eigenvalue weighted by Gasteiger charge is 2.07. The summed E-state index contributed by atoms with van der Waals surface area (Å²) in [6, 6.07) is 0. The quantitative estimate of drug-likeness (QED) is 0.561. The van der Waals surface area contributed by atoms with Crippen molar-refractivity contribution in [3.05, 3.63) is 6.92 Å². The Kier molecular flexibility index (Phi) is 8.20. The van der Waals surface area contributed by atoms with Gasteiger partial charge in [0.25, 0.3) is 0 Å². The minimum absolute atomic E-state index is 0.307. The Hall–Kier alpha value is -0.0800. The van der Waals surface area contributed by atoms with E-state index in [0.29, 0.717) is 11.8 Å². The zero-order valence-electron chi connectivity index (χ0n) is 10.1. The number of hydrogen-bond donors (Lipinski definition) is 0. The van der Waals surface area contributed by atoms with E-state index in [-0.39, 0.29) is 6.29 Å². The Balaban J connectivity index is 3.40. The SMILES string of the molecule is [CH2]C(OCC(C)CC)OCC(C)CC. The lowest BCUT2D eigenvalue weighted by Gasteiger charge is -2.18. The molecule has 0 fully saturated rings. The van der Waals surface area contributed by atoms with E-state index in [2.05, 4.69) is 34.6 Å². The zero-order chi connectivity index (χ0) is 11.0. The van der Waals surface area contributed by atoms with Crippen molar-refractivity contribution in [3.63, 3.8) is 0 Å². The standard InChI is InChI=1S/C12H25O2/c1-6-10(3)8-13-12(5)14-9-11(4)7-2/h10-12H,5-9H2,1-4H3. The molecule has 0 aliphatic rings. The molecule has 2 heteroatoms. The molecule has 0 aliphatic carbocycles. The van der Waals surface area contributed by atoms with Gasteiger partial charge in [0.1, 0.15) is 0 Å². The molecule has 2 unspecified atom stereocenters. The molecule has 0 amide bonds. The first-order valence-corrected chi connectivity index (χ1v) is 5.66. The fourth-order valence-corrected chi connectivity index (χ4v) is 0.827. The normalized spacial score (nSPS) is 17.8. The molecule has 0 spiro atoms. The van der Waals surface area contributed by atoms with E-state index in [1.54, 1.807) is 0 Å². The maximum atomic E-state index is 5.46. The van der Waals surface area contributed by atoms with Crippen LogP contribution in [0.25, 0.3) is 0 Å². The molecule has 0 aromatic carbocycles. The lowest BCUT2D eigenvalue weighted by atomic mass is 10.1. The van der Waals surface area contributed by atoms with E-state index in [0.717, 1.165) is 26.1 Å². The second kappa shape index (κ2) is 8.25. The summed E-state index contributed by atoms with van der Waals surface area (Å²) < 4.78 is 10.9. The minimum Gasteiger partial charge on any atom is -0.352 e. The maximum Gasteiger partial charge on any atom is 0.157 e. The highest BCUT2D eigenvalue weighted by atomic mass is 16.7. The molecule has 0 rings (SSSR count). The maximum absolute atomic E-state index is 5.46. The first kappa shape index (κ1) is 13.9. The summed E-state index contributed by atoms with van der Waals surface area (Å²) in [7, 11) is 0. The molecule has 0 saturated heterocycles. The molecule has 1 radical (unpaired) electrons. The van der Waals surface area contributed by atoms with Crippen LogP contribution < -0.4 is 0 Å².